The molecule has 0 aromatic heterocycles. The van der Waals surface area contributed by atoms with Gasteiger partial charge in [0.05, 0.1) is 21.3 Å². The number of nitrogens with two attached hydrogens (primary N) is 1. The van der Waals surface area contributed by atoms with Gasteiger partial charge in [-0.05, 0) is 36.4 Å². The van der Waals surface area contributed by atoms with Gasteiger partial charge in [-0.25, -0.2) is 24.0 Å². The van der Waals surface area contributed by atoms with Crippen LogP contribution in [0.2, 0.25) is 0 Å². The number of ether oxygens (including phenoxy) is 7. The number of alkyl halides is 1. The van der Waals surface area contributed by atoms with E-state index in [2.05, 4.69) is 34.9 Å². The number of carbonyl (C=O) groups excluding carboxylic acids is 5. The predicted octanol–water partition coefficient (Wildman–Crippen LogP) is 4.12. The predicted molar refractivity (Wildman–Crippen MR) is 170 cm³/mol. The Bertz CT molecular complexity index is 1340. The Kier molecular flexibility index (Phi) is 22.3. The van der Waals surface area contributed by atoms with Gasteiger partial charge in [-0.15, -0.1) is 0 Å². The molecule has 0 unspecified atom stereocenters. The minimum absolute atomic E-state index is 0.0548. The summed E-state index contributed by atoms with van der Waals surface area (Å²) in [6, 6.07) is 18.7. The summed E-state index contributed by atoms with van der Waals surface area (Å²) in [6.45, 7) is 0.451. The van der Waals surface area contributed by atoms with E-state index in [0.29, 0.717) is 5.33 Å². The number of carbonyl (C=O) groups is 5. The van der Waals surface area contributed by atoms with Gasteiger partial charge < -0.3 is 49.1 Å². The molecule has 3 aromatic rings. The Morgan fingerprint density at radius 2 is 0.979 bits per heavy atom. The van der Waals surface area contributed by atoms with E-state index in [4.69, 9.17) is 30.2 Å². The fraction of sp³-hybridized carbons (Fsp3) is 0.258. The van der Waals surface area contributed by atoms with Crippen LogP contribution < -0.4 is 15.2 Å². The average molecular weight is 727 g/mol. The molecule has 0 aliphatic rings. The number of aliphatic hydroxyl groups is 1. The SMILES string of the molecule is CO.COC(=O)c1ccccc1O.COC(=O)c1ccccc1OC(=O)OCCBr.COC(=O)c1ccccc1OC(=O)OCCN. The maximum Gasteiger partial charge on any atom is 0.513 e. The van der Waals surface area contributed by atoms with Gasteiger partial charge in [-0.2, -0.15) is 0 Å². The van der Waals surface area contributed by atoms with E-state index in [1.54, 1.807) is 36.4 Å². The number of hydrogen-bond acceptors (Lipinski definition) is 15. The maximum absolute atomic E-state index is 11.4. The maximum atomic E-state index is 11.4. The van der Waals surface area contributed by atoms with Gasteiger partial charge in [0.25, 0.3) is 0 Å². The van der Waals surface area contributed by atoms with Gasteiger partial charge in [0.15, 0.2) is 0 Å². The summed E-state index contributed by atoms with van der Waals surface area (Å²) in [5.41, 5.74) is 5.68. The summed E-state index contributed by atoms with van der Waals surface area (Å²) in [6.07, 6.45) is -1.77. The highest BCUT2D eigenvalue weighted by Gasteiger charge is 2.17. The van der Waals surface area contributed by atoms with E-state index in [1.807, 2.05) is 0 Å². The van der Waals surface area contributed by atoms with Crippen molar-refractivity contribution in [1.82, 2.24) is 0 Å². The van der Waals surface area contributed by atoms with Gasteiger partial charge >= 0.3 is 30.2 Å². The summed E-state index contributed by atoms with van der Waals surface area (Å²) in [7, 11) is 4.77. The van der Waals surface area contributed by atoms with Crippen molar-refractivity contribution >= 4 is 46.1 Å². The fourth-order valence-electron chi connectivity index (χ4n) is 2.93. The first-order valence-electron chi connectivity index (χ1n) is 13.2. The average Bonchev–Trinajstić information content (AvgIpc) is 3.11. The van der Waals surface area contributed by atoms with Crippen molar-refractivity contribution in [1.29, 1.82) is 0 Å². The molecule has 256 valence electrons. The largest absolute Gasteiger partial charge is 0.513 e. The standard InChI is InChI=1S/C11H11BrO5.C11H13NO5.C8H8O3.CH4O/c2*1-15-10(13)8-4-2-3-5-9(8)17-11(14)16-7-6-12;1-11-8(10)6-4-2-3-5-7(6)9;1-2/h2-5H,6-7H2,1H3;2-5H,6-7,12H2,1H3;2-5,9H,1H3;2H,1H3. The summed E-state index contributed by atoms with van der Waals surface area (Å²) in [4.78, 5) is 56.0. The van der Waals surface area contributed by atoms with Crippen LogP contribution in [0.25, 0.3) is 0 Å². The number of phenols is 1. The molecule has 4 N–H and O–H groups in total. The molecule has 0 aliphatic heterocycles. The Labute approximate surface area is 279 Å². The monoisotopic (exact) mass is 725 g/mol. The third kappa shape index (κ3) is 16.1. The summed E-state index contributed by atoms with van der Waals surface area (Å²) >= 11 is 3.11. The Balaban J connectivity index is 0.000000672. The van der Waals surface area contributed by atoms with Crippen LogP contribution in [0.1, 0.15) is 31.1 Å². The molecule has 0 fully saturated rings. The molecule has 0 amide bonds. The molecule has 3 aromatic carbocycles. The highest BCUT2D eigenvalue weighted by Crippen LogP contribution is 2.20. The molecule has 0 radical (unpaired) electrons. The van der Waals surface area contributed by atoms with Crippen LogP contribution in [0.15, 0.2) is 72.8 Å². The second kappa shape index (κ2) is 25.1. The van der Waals surface area contributed by atoms with Crippen molar-refractivity contribution in [3.05, 3.63) is 89.5 Å². The zero-order chi connectivity index (χ0) is 35.6. The van der Waals surface area contributed by atoms with Crippen LogP contribution in [0.4, 0.5) is 9.59 Å². The minimum atomic E-state index is -0.910. The zero-order valence-corrected chi connectivity index (χ0v) is 27.6. The van der Waals surface area contributed by atoms with Crippen LogP contribution in [-0.2, 0) is 23.7 Å². The van der Waals surface area contributed by atoms with Crippen LogP contribution in [-0.4, -0.2) is 94.0 Å². The fourth-order valence-corrected chi connectivity index (χ4v) is 3.09. The molecule has 0 spiro atoms. The van der Waals surface area contributed by atoms with E-state index in [9.17, 15) is 24.0 Å². The number of rotatable bonds is 9. The molecule has 0 saturated carbocycles. The second-order valence-corrected chi connectivity index (χ2v) is 8.66. The van der Waals surface area contributed by atoms with E-state index < -0.39 is 30.2 Å². The van der Waals surface area contributed by atoms with Crippen molar-refractivity contribution < 1.29 is 67.3 Å². The first-order valence-corrected chi connectivity index (χ1v) is 14.4. The van der Waals surface area contributed by atoms with Crippen molar-refractivity contribution in [3.63, 3.8) is 0 Å². The van der Waals surface area contributed by atoms with Crippen LogP contribution >= 0.6 is 15.9 Å². The molecule has 0 atom stereocenters. The molecule has 0 heterocycles. The van der Waals surface area contributed by atoms with Gasteiger partial charge in [0, 0.05) is 19.0 Å². The lowest BCUT2D eigenvalue weighted by Crippen LogP contribution is -2.17. The van der Waals surface area contributed by atoms with Crippen LogP contribution in [0.3, 0.4) is 0 Å². The Morgan fingerprint density at radius 1 is 0.617 bits per heavy atom. The summed E-state index contributed by atoms with van der Waals surface area (Å²) in [5.74, 6) is -1.55. The molecule has 3 rings (SSSR count). The molecular formula is C31H36BrNO14. The number of methoxy groups -OCH3 is 3. The van der Waals surface area contributed by atoms with Gasteiger partial charge in [-0.3, -0.25) is 0 Å². The molecule has 0 bridgehead atoms. The number of aromatic hydroxyl groups is 1. The van der Waals surface area contributed by atoms with Gasteiger partial charge in [0.1, 0.15) is 47.2 Å². The highest BCUT2D eigenvalue weighted by atomic mass is 79.9. The molecular weight excluding hydrogens is 690 g/mol. The second-order valence-electron chi connectivity index (χ2n) is 7.86. The van der Waals surface area contributed by atoms with Crippen molar-refractivity contribution in [2.75, 3.05) is 53.5 Å². The number of hydrogen-bond donors (Lipinski definition) is 3. The van der Waals surface area contributed by atoms with Gasteiger partial charge in [0.2, 0.25) is 0 Å². The minimum Gasteiger partial charge on any atom is -0.507 e. The highest BCUT2D eigenvalue weighted by molar-refractivity contribution is 9.09. The zero-order valence-electron chi connectivity index (χ0n) is 26.0. The van der Waals surface area contributed by atoms with Crippen LogP contribution in [0.5, 0.6) is 17.2 Å². The quantitative estimate of drug-likeness (QED) is 0.122. The lowest BCUT2D eigenvalue weighted by molar-refractivity contribution is 0.0583. The number of benzene rings is 3. The Hall–Kier alpha value is -5.19. The first-order chi connectivity index (χ1) is 22.6. The third-order valence-electron chi connectivity index (χ3n) is 4.92. The van der Waals surface area contributed by atoms with E-state index >= 15 is 0 Å². The number of aliphatic hydroxyl groups excluding tert-OH is 1. The van der Waals surface area contributed by atoms with Crippen molar-refractivity contribution in [3.8, 4) is 17.2 Å². The lowest BCUT2D eigenvalue weighted by atomic mass is 10.2. The number of esters is 3. The van der Waals surface area contributed by atoms with Gasteiger partial charge in [-0.1, -0.05) is 52.3 Å². The number of phenolic OH excluding ortho intramolecular Hbond substituents is 1. The number of para-hydroxylation sites is 3. The Morgan fingerprint density at radius 3 is 1.36 bits per heavy atom. The third-order valence-corrected chi connectivity index (χ3v) is 5.24. The van der Waals surface area contributed by atoms with E-state index in [0.717, 1.165) is 7.11 Å². The van der Waals surface area contributed by atoms with E-state index in [1.165, 1.54) is 57.7 Å². The smallest absolute Gasteiger partial charge is 0.507 e. The first kappa shape index (κ1) is 41.8. The molecule has 15 nitrogen and oxygen atoms in total. The summed E-state index contributed by atoms with van der Waals surface area (Å²) < 4.78 is 32.6. The summed E-state index contributed by atoms with van der Waals surface area (Å²) in [5, 5.41) is 16.6. The molecule has 0 saturated heterocycles. The lowest BCUT2D eigenvalue weighted by Gasteiger charge is -2.08. The molecule has 47 heavy (non-hydrogen) atoms. The topological polar surface area (TPSA) is 216 Å². The van der Waals surface area contributed by atoms with Crippen molar-refractivity contribution in [2.45, 2.75) is 0 Å². The molecule has 16 heteroatoms. The number of halogens is 1. The van der Waals surface area contributed by atoms with Crippen molar-refractivity contribution in [2.24, 2.45) is 5.73 Å². The molecule has 0 aliphatic carbocycles. The normalized spacial score (nSPS) is 9.17. The van der Waals surface area contributed by atoms with E-state index in [-0.39, 0.29) is 53.7 Å². The van der Waals surface area contributed by atoms with Crippen LogP contribution in [0, 0.1) is 0 Å².